The second-order valence-corrected chi connectivity index (χ2v) is 7.76. The third-order valence-electron chi connectivity index (χ3n) is 5.83. The number of likely N-dealkylation sites (N-methyl/N-ethyl adjacent to an activating group) is 1. The molecule has 3 atom stereocenters. The molecular formula is C26H28N2O. The van der Waals surface area contributed by atoms with Crippen LogP contribution in [0.2, 0.25) is 0 Å². The van der Waals surface area contributed by atoms with Crippen LogP contribution in [0.1, 0.15) is 35.1 Å². The first-order chi connectivity index (χ1) is 14.3. The Hall–Kier alpha value is -2.91. The van der Waals surface area contributed by atoms with Crippen molar-refractivity contribution in [3.63, 3.8) is 0 Å². The Bertz CT molecular complexity index is 925. The van der Waals surface area contributed by atoms with Gasteiger partial charge in [0.1, 0.15) is 5.84 Å². The van der Waals surface area contributed by atoms with Crippen LogP contribution in [-0.2, 0) is 6.42 Å². The van der Waals surface area contributed by atoms with Crippen molar-refractivity contribution in [3.8, 4) is 0 Å². The lowest BCUT2D eigenvalue weighted by atomic mass is 9.87. The topological polar surface area (TPSA) is 35.8 Å². The van der Waals surface area contributed by atoms with E-state index in [0.29, 0.717) is 5.92 Å². The summed E-state index contributed by atoms with van der Waals surface area (Å²) in [6.07, 6.45) is 1.63. The van der Waals surface area contributed by atoms with E-state index in [4.69, 9.17) is 4.99 Å². The molecule has 1 aliphatic heterocycles. The van der Waals surface area contributed by atoms with Gasteiger partial charge in [0, 0.05) is 19.4 Å². The zero-order valence-electron chi connectivity index (χ0n) is 16.9. The Morgan fingerprint density at radius 3 is 2.00 bits per heavy atom. The first-order valence-electron chi connectivity index (χ1n) is 10.3. The number of likely N-dealkylation sites (tertiary alicyclic amines) is 1. The van der Waals surface area contributed by atoms with E-state index in [1.54, 1.807) is 0 Å². The van der Waals surface area contributed by atoms with Crippen LogP contribution >= 0.6 is 0 Å². The number of aliphatic hydroxyl groups excluding tert-OH is 1. The maximum Gasteiger partial charge on any atom is 0.100 e. The first kappa shape index (κ1) is 19.4. The molecule has 3 aromatic rings. The van der Waals surface area contributed by atoms with Crippen LogP contribution in [0, 0.1) is 0 Å². The zero-order valence-corrected chi connectivity index (χ0v) is 16.9. The van der Waals surface area contributed by atoms with Gasteiger partial charge in [-0.25, -0.2) is 0 Å². The lowest BCUT2D eigenvalue weighted by Gasteiger charge is -2.27. The molecule has 0 saturated carbocycles. The highest BCUT2D eigenvalue weighted by Crippen LogP contribution is 2.44. The van der Waals surface area contributed by atoms with Crippen molar-refractivity contribution in [2.75, 3.05) is 13.7 Å². The highest BCUT2D eigenvalue weighted by atomic mass is 16.3. The van der Waals surface area contributed by atoms with Gasteiger partial charge in [0.25, 0.3) is 0 Å². The number of amidine groups is 1. The summed E-state index contributed by atoms with van der Waals surface area (Å²) in [5.74, 6) is 1.42. The van der Waals surface area contributed by atoms with E-state index < -0.39 is 0 Å². The maximum absolute atomic E-state index is 9.97. The third-order valence-corrected chi connectivity index (χ3v) is 5.83. The standard InChI is InChI=1S/C26H28N2O/c1-28-25(27-23(19-29)17-20-11-5-2-6-12-20)18-24(21-13-7-3-8-14-21)26(28)22-15-9-4-10-16-22/h2-16,23-24,26,29H,17-19H2,1H3/t23-,24+,26-/m0/s1. The van der Waals surface area contributed by atoms with Gasteiger partial charge in [-0.3, -0.25) is 4.99 Å². The molecule has 0 spiro atoms. The first-order valence-corrected chi connectivity index (χ1v) is 10.3. The van der Waals surface area contributed by atoms with Crippen LogP contribution in [0.15, 0.2) is 96.0 Å². The summed E-state index contributed by atoms with van der Waals surface area (Å²) >= 11 is 0. The fraction of sp³-hybridized carbons (Fsp3) is 0.269. The summed E-state index contributed by atoms with van der Waals surface area (Å²) in [6.45, 7) is 0.0538. The van der Waals surface area contributed by atoms with Gasteiger partial charge >= 0.3 is 0 Å². The lowest BCUT2D eigenvalue weighted by Crippen LogP contribution is -2.27. The summed E-state index contributed by atoms with van der Waals surface area (Å²) in [4.78, 5) is 7.32. The molecule has 3 nitrogen and oxygen atoms in total. The van der Waals surface area contributed by atoms with Gasteiger partial charge < -0.3 is 10.0 Å². The molecular weight excluding hydrogens is 356 g/mol. The number of hydrogen-bond acceptors (Lipinski definition) is 2. The SMILES string of the molecule is CN1C(=N[C@H](CO)Cc2ccccc2)C[C@H](c2ccccc2)[C@@H]1c1ccccc1. The highest BCUT2D eigenvalue weighted by molar-refractivity contribution is 5.86. The second kappa shape index (κ2) is 9.06. The van der Waals surface area contributed by atoms with Gasteiger partial charge in [-0.05, 0) is 23.1 Å². The summed E-state index contributed by atoms with van der Waals surface area (Å²) in [6, 6.07) is 31.8. The number of benzene rings is 3. The summed E-state index contributed by atoms with van der Waals surface area (Å²) in [5.41, 5.74) is 3.84. The minimum atomic E-state index is -0.124. The van der Waals surface area contributed by atoms with Crippen molar-refractivity contribution in [2.45, 2.75) is 30.8 Å². The Kier molecular flexibility index (Phi) is 6.06. The highest BCUT2D eigenvalue weighted by Gasteiger charge is 2.38. The lowest BCUT2D eigenvalue weighted by molar-refractivity contribution is 0.264. The molecule has 0 amide bonds. The van der Waals surface area contributed by atoms with Gasteiger partial charge in [0.2, 0.25) is 0 Å². The molecule has 1 aliphatic rings. The van der Waals surface area contributed by atoms with E-state index in [2.05, 4.69) is 84.7 Å². The molecule has 0 aliphatic carbocycles. The van der Waals surface area contributed by atoms with E-state index in [1.807, 2.05) is 18.2 Å². The third kappa shape index (κ3) is 4.41. The molecule has 1 heterocycles. The molecule has 3 aromatic carbocycles. The van der Waals surface area contributed by atoms with Crippen molar-refractivity contribution in [1.82, 2.24) is 4.90 Å². The zero-order chi connectivity index (χ0) is 20.1. The fourth-order valence-electron chi connectivity index (χ4n) is 4.38. The van der Waals surface area contributed by atoms with Gasteiger partial charge in [0.05, 0.1) is 18.7 Å². The van der Waals surface area contributed by atoms with Crippen LogP contribution in [0.25, 0.3) is 0 Å². The number of aliphatic hydroxyl groups is 1. The second-order valence-electron chi connectivity index (χ2n) is 7.76. The fourth-order valence-corrected chi connectivity index (χ4v) is 4.38. The summed E-state index contributed by atoms with van der Waals surface area (Å²) in [5, 5.41) is 9.97. The average molecular weight is 385 g/mol. The van der Waals surface area contributed by atoms with E-state index >= 15 is 0 Å². The van der Waals surface area contributed by atoms with Crippen molar-refractivity contribution in [1.29, 1.82) is 0 Å². The van der Waals surface area contributed by atoms with Crippen LogP contribution in [-0.4, -0.2) is 35.5 Å². The number of aliphatic imine (C=N–C) groups is 1. The van der Waals surface area contributed by atoms with Crippen LogP contribution < -0.4 is 0 Å². The predicted molar refractivity (Wildman–Crippen MR) is 119 cm³/mol. The van der Waals surface area contributed by atoms with E-state index in [0.717, 1.165) is 18.7 Å². The Labute approximate surface area is 173 Å². The molecule has 1 saturated heterocycles. The summed E-state index contributed by atoms with van der Waals surface area (Å²) in [7, 11) is 2.14. The quantitative estimate of drug-likeness (QED) is 0.659. The molecule has 0 bridgehead atoms. The molecule has 1 fully saturated rings. The van der Waals surface area contributed by atoms with Gasteiger partial charge in [-0.15, -0.1) is 0 Å². The molecule has 1 N–H and O–H groups in total. The Morgan fingerprint density at radius 1 is 0.862 bits per heavy atom. The smallest absolute Gasteiger partial charge is 0.100 e. The minimum Gasteiger partial charge on any atom is -0.394 e. The molecule has 0 unspecified atom stereocenters. The molecule has 148 valence electrons. The summed E-state index contributed by atoms with van der Waals surface area (Å²) < 4.78 is 0. The number of nitrogens with zero attached hydrogens (tertiary/aromatic N) is 2. The van der Waals surface area contributed by atoms with Crippen LogP contribution in [0.3, 0.4) is 0 Å². The molecule has 3 heteroatoms. The van der Waals surface area contributed by atoms with Crippen molar-refractivity contribution < 1.29 is 5.11 Å². The van der Waals surface area contributed by atoms with E-state index in [9.17, 15) is 5.11 Å². The predicted octanol–water partition coefficient (Wildman–Crippen LogP) is 4.85. The van der Waals surface area contributed by atoms with E-state index in [1.165, 1.54) is 16.7 Å². The van der Waals surface area contributed by atoms with Gasteiger partial charge in [0.15, 0.2) is 0 Å². The van der Waals surface area contributed by atoms with Crippen molar-refractivity contribution in [3.05, 3.63) is 108 Å². The Morgan fingerprint density at radius 2 is 1.41 bits per heavy atom. The van der Waals surface area contributed by atoms with Gasteiger partial charge in [-0.1, -0.05) is 91.0 Å². The molecule has 4 rings (SSSR count). The minimum absolute atomic E-state index is 0.0538. The molecule has 29 heavy (non-hydrogen) atoms. The molecule has 0 radical (unpaired) electrons. The van der Waals surface area contributed by atoms with Crippen LogP contribution in [0.4, 0.5) is 0 Å². The number of rotatable bonds is 6. The number of hydrogen-bond donors (Lipinski definition) is 1. The van der Waals surface area contributed by atoms with Crippen molar-refractivity contribution >= 4 is 5.84 Å². The molecule has 0 aromatic heterocycles. The average Bonchev–Trinajstić information content (AvgIpc) is 3.11. The monoisotopic (exact) mass is 384 g/mol. The van der Waals surface area contributed by atoms with Crippen molar-refractivity contribution in [2.24, 2.45) is 4.99 Å². The largest absolute Gasteiger partial charge is 0.394 e. The van der Waals surface area contributed by atoms with E-state index in [-0.39, 0.29) is 18.7 Å². The maximum atomic E-state index is 9.97. The van der Waals surface area contributed by atoms with Crippen LogP contribution in [0.5, 0.6) is 0 Å². The van der Waals surface area contributed by atoms with Gasteiger partial charge in [-0.2, -0.15) is 0 Å². The normalized spacial score (nSPS) is 21.4. The Balaban J connectivity index is 1.65.